The van der Waals surface area contributed by atoms with E-state index in [1.165, 1.54) is 23.1 Å². The molecule has 2 aliphatic heterocycles. The normalized spacial score (nSPS) is 21.4. The van der Waals surface area contributed by atoms with E-state index in [2.05, 4.69) is 15.9 Å². The third-order valence-corrected chi connectivity index (χ3v) is 6.56. The average Bonchev–Trinajstić information content (AvgIpc) is 3.17. The van der Waals surface area contributed by atoms with Crippen molar-refractivity contribution in [2.75, 3.05) is 6.54 Å². The predicted octanol–water partition coefficient (Wildman–Crippen LogP) is 4.94. The third kappa shape index (κ3) is 3.04. The van der Waals surface area contributed by atoms with Gasteiger partial charge < -0.3 is 4.90 Å². The van der Waals surface area contributed by atoms with Crippen LogP contribution < -0.4 is 0 Å². The van der Waals surface area contributed by atoms with Gasteiger partial charge in [-0.25, -0.2) is 4.79 Å². The van der Waals surface area contributed by atoms with Crippen LogP contribution in [0.15, 0.2) is 46.9 Å². The van der Waals surface area contributed by atoms with Gasteiger partial charge in [-0.15, -0.1) is 0 Å². The first-order chi connectivity index (χ1) is 13.3. The Bertz CT molecular complexity index is 995. The van der Waals surface area contributed by atoms with E-state index in [4.69, 9.17) is 23.2 Å². The Hall–Kier alpha value is -1.89. The van der Waals surface area contributed by atoms with Crippen molar-refractivity contribution in [1.82, 2.24) is 9.80 Å². The molecule has 0 spiro atoms. The van der Waals surface area contributed by atoms with E-state index in [0.717, 1.165) is 21.4 Å². The minimum Gasteiger partial charge on any atom is -0.309 e. The van der Waals surface area contributed by atoms with E-state index in [0.29, 0.717) is 24.4 Å². The molecular formula is C20H15BrCl2N2O3. The zero-order chi connectivity index (χ0) is 20.1. The number of urea groups is 1. The molecule has 2 fully saturated rings. The molecule has 2 heterocycles. The number of imide groups is 3. The van der Waals surface area contributed by atoms with Crippen molar-refractivity contribution < 1.29 is 14.4 Å². The molecule has 0 N–H and O–H groups in total. The Morgan fingerprint density at radius 3 is 2.46 bits per heavy atom. The summed E-state index contributed by atoms with van der Waals surface area (Å²) >= 11 is 15.3. The molecule has 0 radical (unpaired) electrons. The fourth-order valence-corrected chi connectivity index (χ4v) is 4.49. The van der Waals surface area contributed by atoms with Crippen LogP contribution in [-0.2, 0) is 11.2 Å². The number of hydrogen-bond acceptors (Lipinski definition) is 3. The highest BCUT2D eigenvalue weighted by Crippen LogP contribution is 2.41. The lowest BCUT2D eigenvalue weighted by Crippen LogP contribution is -2.47. The van der Waals surface area contributed by atoms with Crippen LogP contribution in [0.3, 0.4) is 0 Å². The van der Waals surface area contributed by atoms with Crippen molar-refractivity contribution in [3.8, 4) is 0 Å². The first-order valence-corrected chi connectivity index (χ1v) is 10.3. The number of carbonyl (C=O) groups is 3. The fourth-order valence-electron chi connectivity index (χ4n) is 3.93. The van der Waals surface area contributed by atoms with Crippen LogP contribution in [0, 0.1) is 0 Å². The van der Waals surface area contributed by atoms with Crippen LogP contribution >= 0.6 is 39.1 Å². The molecule has 4 rings (SSSR count). The fraction of sp³-hybridized carbons (Fsp3) is 0.250. The second-order valence-corrected chi connectivity index (χ2v) is 8.68. The number of benzene rings is 2. The highest BCUT2D eigenvalue weighted by molar-refractivity contribution is 9.10. The van der Waals surface area contributed by atoms with Crippen molar-refractivity contribution >= 4 is 57.0 Å². The third-order valence-electron chi connectivity index (χ3n) is 5.29. The topological polar surface area (TPSA) is 57.7 Å². The largest absolute Gasteiger partial charge is 0.334 e. The smallest absolute Gasteiger partial charge is 0.309 e. The Kier molecular flexibility index (Phi) is 4.98. The lowest BCUT2D eigenvalue weighted by Gasteiger charge is -2.28. The molecule has 28 heavy (non-hydrogen) atoms. The lowest BCUT2D eigenvalue weighted by atomic mass is 9.88. The molecule has 5 nitrogen and oxygen atoms in total. The molecule has 2 saturated heterocycles. The number of halogens is 3. The van der Waals surface area contributed by atoms with E-state index in [1.54, 1.807) is 0 Å². The van der Waals surface area contributed by atoms with Crippen molar-refractivity contribution in [3.63, 3.8) is 0 Å². The van der Waals surface area contributed by atoms with E-state index >= 15 is 0 Å². The van der Waals surface area contributed by atoms with Crippen molar-refractivity contribution in [2.45, 2.75) is 24.8 Å². The number of nitrogens with zero attached hydrogens (tertiary/aromatic N) is 2. The summed E-state index contributed by atoms with van der Waals surface area (Å²) in [6, 6.07) is 11.3. The Labute approximate surface area is 180 Å². The minimum atomic E-state index is -1.02. The number of carbonyl (C=O) groups excluding carboxylic acids is 3. The van der Waals surface area contributed by atoms with Crippen LogP contribution in [-0.4, -0.2) is 39.7 Å². The zero-order valence-corrected chi connectivity index (χ0v) is 17.7. The molecule has 144 valence electrons. The van der Waals surface area contributed by atoms with Crippen LogP contribution in [0.1, 0.15) is 28.8 Å². The molecule has 2 aromatic rings. The summed E-state index contributed by atoms with van der Waals surface area (Å²) in [5.41, 5.74) is 0.0627. The standard InChI is InChI=1S/C20H15BrCl2N2O3/c21-14-5-2-12(3-6-14)11-20-8-1-9-24(20)19(28)25(18(20)27)17(26)13-4-7-15(22)16(23)10-13/h2-7,10H,1,8-9,11H2. The first-order valence-electron chi connectivity index (χ1n) is 8.73. The van der Waals surface area contributed by atoms with Gasteiger partial charge in [0.15, 0.2) is 0 Å². The maximum absolute atomic E-state index is 13.3. The van der Waals surface area contributed by atoms with Gasteiger partial charge >= 0.3 is 6.03 Å². The van der Waals surface area contributed by atoms with Crippen LogP contribution in [0.25, 0.3) is 0 Å². The summed E-state index contributed by atoms with van der Waals surface area (Å²) in [5, 5.41) is 0.487. The number of rotatable bonds is 3. The van der Waals surface area contributed by atoms with Gasteiger partial charge in [0.1, 0.15) is 5.54 Å². The van der Waals surface area contributed by atoms with Crippen molar-refractivity contribution in [3.05, 3.63) is 68.1 Å². The second-order valence-electron chi connectivity index (χ2n) is 6.95. The molecule has 4 amide bonds. The first kappa shape index (κ1) is 19.4. The zero-order valence-electron chi connectivity index (χ0n) is 14.6. The molecule has 2 aliphatic rings. The van der Waals surface area contributed by atoms with Crippen molar-refractivity contribution in [1.29, 1.82) is 0 Å². The monoisotopic (exact) mass is 480 g/mol. The Morgan fingerprint density at radius 2 is 1.79 bits per heavy atom. The quantitative estimate of drug-likeness (QED) is 0.461. The van der Waals surface area contributed by atoms with Crippen LogP contribution in [0.4, 0.5) is 4.79 Å². The summed E-state index contributed by atoms with van der Waals surface area (Å²) in [7, 11) is 0. The molecule has 0 bridgehead atoms. The average molecular weight is 482 g/mol. The summed E-state index contributed by atoms with van der Waals surface area (Å²) in [6.07, 6.45) is 1.62. The van der Waals surface area contributed by atoms with Gasteiger partial charge in [0.05, 0.1) is 10.0 Å². The van der Waals surface area contributed by atoms with Crippen molar-refractivity contribution in [2.24, 2.45) is 0 Å². The van der Waals surface area contributed by atoms with Gasteiger partial charge in [0.2, 0.25) is 0 Å². The van der Waals surface area contributed by atoms with Gasteiger partial charge in [0.25, 0.3) is 11.8 Å². The summed E-state index contributed by atoms with van der Waals surface area (Å²) in [5.74, 6) is -1.16. The summed E-state index contributed by atoms with van der Waals surface area (Å²) < 4.78 is 0.933. The molecule has 1 atom stereocenters. The maximum atomic E-state index is 13.3. The molecule has 8 heteroatoms. The molecule has 2 aromatic carbocycles. The number of fused-ring (bicyclic) bond motifs is 1. The number of amides is 4. The summed E-state index contributed by atoms with van der Waals surface area (Å²) in [4.78, 5) is 41.5. The maximum Gasteiger partial charge on any atom is 0.334 e. The van der Waals surface area contributed by atoms with Gasteiger partial charge in [0, 0.05) is 23.0 Å². The Balaban J connectivity index is 1.68. The van der Waals surface area contributed by atoms with Gasteiger partial charge in [-0.2, -0.15) is 4.90 Å². The van der Waals surface area contributed by atoms with E-state index in [1.807, 2.05) is 24.3 Å². The van der Waals surface area contributed by atoms with Crippen LogP contribution in [0.2, 0.25) is 10.0 Å². The van der Waals surface area contributed by atoms with Gasteiger partial charge in [-0.3, -0.25) is 9.59 Å². The van der Waals surface area contributed by atoms with Gasteiger partial charge in [-0.05, 0) is 48.7 Å². The highest BCUT2D eigenvalue weighted by atomic mass is 79.9. The highest BCUT2D eigenvalue weighted by Gasteiger charge is 2.61. The molecule has 0 aromatic heterocycles. The SMILES string of the molecule is O=C(c1ccc(Cl)c(Cl)c1)N1C(=O)N2CCCC2(Cc2ccc(Br)cc2)C1=O. The van der Waals surface area contributed by atoms with E-state index in [-0.39, 0.29) is 10.6 Å². The Morgan fingerprint density at radius 1 is 1.07 bits per heavy atom. The number of hydrogen-bond donors (Lipinski definition) is 0. The molecule has 0 saturated carbocycles. The molecular weight excluding hydrogens is 467 g/mol. The lowest BCUT2D eigenvalue weighted by molar-refractivity contribution is -0.130. The minimum absolute atomic E-state index is 0.149. The van der Waals surface area contributed by atoms with E-state index in [9.17, 15) is 14.4 Å². The van der Waals surface area contributed by atoms with E-state index < -0.39 is 23.4 Å². The second kappa shape index (κ2) is 7.17. The van der Waals surface area contributed by atoms with Gasteiger partial charge in [-0.1, -0.05) is 51.3 Å². The summed E-state index contributed by atoms with van der Waals surface area (Å²) in [6.45, 7) is 0.451. The molecule has 1 unspecified atom stereocenters. The predicted molar refractivity (Wildman–Crippen MR) is 110 cm³/mol. The van der Waals surface area contributed by atoms with Crippen LogP contribution in [0.5, 0.6) is 0 Å². The molecule has 0 aliphatic carbocycles.